The maximum absolute atomic E-state index is 4.76. The summed E-state index contributed by atoms with van der Waals surface area (Å²) in [4.78, 5) is 9.29. The first-order valence-electron chi connectivity index (χ1n) is 14.8. The molecule has 1 aliphatic carbocycles. The summed E-state index contributed by atoms with van der Waals surface area (Å²) in [6, 6.07) is 46.4. The van der Waals surface area contributed by atoms with Crippen LogP contribution in [0.1, 0.15) is 25.0 Å². The Kier molecular flexibility index (Phi) is 9.51. The minimum Gasteiger partial charge on any atom is 0 e. The molecule has 0 atom stereocenters. The first-order chi connectivity index (χ1) is 20.7. The molecule has 1 aliphatic rings. The van der Waals surface area contributed by atoms with Crippen molar-refractivity contribution in [3.05, 3.63) is 151 Å². The first-order valence-corrected chi connectivity index (χ1v) is 22.2. The van der Waals surface area contributed by atoms with E-state index in [4.69, 9.17) is 4.98 Å². The van der Waals surface area contributed by atoms with Crippen molar-refractivity contribution >= 4 is 17.7 Å². The summed E-state index contributed by atoms with van der Waals surface area (Å²) in [5.74, 6) is 7.14. The molecule has 6 aromatic rings. The van der Waals surface area contributed by atoms with Crippen molar-refractivity contribution in [3.8, 4) is 44.8 Å². The van der Waals surface area contributed by atoms with Crippen LogP contribution < -0.4 is 4.40 Å². The molecule has 4 heteroatoms. The largest absolute Gasteiger partial charge is 0 e. The van der Waals surface area contributed by atoms with Crippen molar-refractivity contribution in [2.45, 2.75) is 36.5 Å². The van der Waals surface area contributed by atoms with Gasteiger partial charge in [0.15, 0.2) is 0 Å². The molecule has 0 saturated heterocycles. The van der Waals surface area contributed by atoms with Gasteiger partial charge in [-0.2, -0.15) is 0 Å². The third-order valence-electron chi connectivity index (χ3n) is 8.24. The zero-order valence-electron chi connectivity index (χ0n) is 25.9. The zero-order chi connectivity index (χ0) is 30.0. The van der Waals surface area contributed by atoms with Crippen LogP contribution >= 0.6 is 0 Å². The fourth-order valence-corrected chi connectivity index (χ4v) is 8.05. The molecular weight excluding hydrogens is 773 g/mol. The second-order valence-electron chi connectivity index (χ2n) is 12.6. The normalized spacial score (nSPS) is 12.7. The molecule has 44 heavy (non-hydrogen) atoms. The second-order valence-corrected chi connectivity index (χ2v) is 23.2. The van der Waals surface area contributed by atoms with E-state index in [0.717, 1.165) is 22.5 Å². The average molecular weight is 810 g/mol. The first kappa shape index (κ1) is 31.8. The van der Waals surface area contributed by atoms with Crippen LogP contribution in [-0.2, 0) is 25.5 Å². The van der Waals surface area contributed by atoms with E-state index in [1.807, 2.05) is 54.9 Å². The number of nitrogens with zero attached hydrogens (tertiary/aromatic N) is 2. The number of benzene rings is 4. The Morgan fingerprint density at radius 3 is 1.80 bits per heavy atom. The molecule has 0 N–H and O–H groups in total. The summed E-state index contributed by atoms with van der Waals surface area (Å²) < 4.78 is 1.44. The Morgan fingerprint density at radius 1 is 0.591 bits per heavy atom. The van der Waals surface area contributed by atoms with Crippen molar-refractivity contribution in [1.82, 2.24) is 9.97 Å². The number of aromatic nitrogens is 2. The Hall–Kier alpha value is -3.63. The van der Waals surface area contributed by atoms with E-state index in [2.05, 4.69) is 121 Å². The predicted molar refractivity (Wildman–Crippen MR) is 183 cm³/mol. The van der Waals surface area contributed by atoms with Gasteiger partial charge in [-0.1, -0.05) is 68.4 Å². The fraction of sp³-hybridized carbons (Fsp3) is 0.150. The van der Waals surface area contributed by atoms with E-state index in [1.165, 1.54) is 37.8 Å². The summed E-state index contributed by atoms with van der Waals surface area (Å²) in [6.45, 7) is 4.64. The van der Waals surface area contributed by atoms with Crippen LogP contribution in [-0.4, -0.2) is 23.2 Å². The molecule has 4 aromatic carbocycles. The van der Waals surface area contributed by atoms with Gasteiger partial charge in [-0.3, -0.25) is 0 Å². The quantitative estimate of drug-likeness (QED) is 0.131. The van der Waals surface area contributed by atoms with E-state index < -0.39 is 13.3 Å². The van der Waals surface area contributed by atoms with Crippen LogP contribution in [0.2, 0.25) is 17.3 Å². The van der Waals surface area contributed by atoms with Gasteiger partial charge in [0.05, 0.1) is 0 Å². The van der Waals surface area contributed by atoms with Gasteiger partial charge in [0.1, 0.15) is 0 Å². The van der Waals surface area contributed by atoms with Crippen molar-refractivity contribution in [3.63, 3.8) is 0 Å². The van der Waals surface area contributed by atoms with Crippen molar-refractivity contribution in [1.29, 1.82) is 0 Å². The fourth-order valence-electron chi connectivity index (χ4n) is 5.88. The number of hydrogen-bond acceptors (Lipinski definition) is 2. The smallest absolute Gasteiger partial charge is 0 e. The summed E-state index contributed by atoms with van der Waals surface area (Å²) in [5.41, 5.74) is 11.9. The summed E-state index contributed by atoms with van der Waals surface area (Å²) in [6.07, 6.45) is 4.07. The molecule has 221 valence electrons. The molecule has 0 fully saturated rings. The minimum absolute atomic E-state index is 0. The van der Waals surface area contributed by atoms with Gasteiger partial charge in [-0.25, -0.2) is 0 Å². The molecule has 1 radical (unpaired) electrons. The van der Waals surface area contributed by atoms with Crippen molar-refractivity contribution in [2.75, 3.05) is 0 Å². The van der Waals surface area contributed by atoms with E-state index in [9.17, 15) is 0 Å². The Bertz CT molecular complexity index is 1840. The van der Waals surface area contributed by atoms with Gasteiger partial charge in [0, 0.05) is 37.3 Å². The molecule has 0 bridgehead atoms. The maximum atomic E-state index is 4.76. The van der Waals surface area contributed by atoms with Crippen LogP contribution in [0.4, 0.5) is 0 Å². The predicted octanol–water partition coefficient (Wildman–Crippen LogP) is 9.61. The summed E-state index contributed by atoms with van der Waals surface area (Å²) >= 11 is -1.72. The topological polar surface area (TPSA) is 25.8 Å². The molecular formula is C40H36GeIrN2-2. The van der Waals surface area contributed by atoms with Gasteiger partial charge >= 0.3 is 99.8 Å². The minimum atomic E-state index is -1.72. The van der Waals surface area contributed by atoms with Crippen LogP contribution in [0.15, 0.2) is 128 Å². The number of pyridine rings is 2. The van der Waals surface area contributed by atoms with Crippen LogP contribution in [0.3, 0.4) is 0 Å². The second kappa shape index (κ2) is 13.2. The molecule has 0 amide bonds. The zero-order valence-corrected chi connectivity index (χ0v) is 30.3. The van der Waals surface area contributed by atoms with Crippen LogP contribution in [0, 0.1) is 12.1 Å². The molecule has 2 nitrogen and oxygen atoms in total. The number of hydrogen-bond donors (Lipinski definition) is 0. The third-order valence-corrected chi connectivity index (χ3v) is 12.5. The SMILES string of the molecule is CC1(C)c2cc(-c3[c-]cccc3)ncc2-c2cccc(-c3ccccc3)c21.[CH3][Ge]([CH3])([CH3])[c]1ccc(-c2[c-]cccc2)nc1.[Ir]. The summed E-state index contributed by atoms with van der Waals surface area (Å²) in [5, 5.41) is 0. The molecule has 0 saturated carbocycles. The maximum Gasteiger partial charge on any atom is 0 e. The van der Waals surface area contributed by atoms with Crippen LogP contribution in [0.5, 0.6) is 0 Å². The van der Waals surface area contributed by atoms with Gasteiger partial charge in [0.25, 0.3) is 0 Å². The van der Waals surface area contributed by atoms with Crippen molar-refractivity contribution in [2.24, 2.45) is 0 Å². The Balaban J connectivity index is 0.000000194. The van der Waals surface area contributed by atoms with Gasteiger partial charge < -0.3 is 4.98 Å². The van der Waals surface area contributed by atoms with Gasteiger partial charge in [-0.05, 0) is 33.5 Å². The van der Waals surface area contributed by atoms with Crippen molar-refractivity contribution < 1.29 is 20.1 Å². The number of fused-ring (bicyclic) bond motifs is 3. The third kappa shape index (κ3) is 6.42. The molecule has 0 aliphatic heterocycles. The van der Waals surface area contributed by atoms with E-state index >= 15 is 0 Å². The summed E-state index contributed by atoms with van der Waals surface area (Å²) in [7, 11) is 0. The Morgan fingerprint density at radius 2 is 1.20 bits per heavy atom. The van der Waals surface area contributed by atoms with E-state index in [-0.39, 0.29) is 25.5 Å². The van der Waals surface area contributed by atoms with E-state index in [1.54, 1.807) is 0 Å². The standard InChI is InChI=1S/C26H20N.C14H16GeN.Ir/c1-26(2)23-16-24(19-12-7-4-8-13-19)27-17-22(23)21-15-9-14-20(25(21)26)18-10-5-3-6-11-18;1-15(2,3)13-9-10-14(16-11-13)12-7-5-4-6-8-12;/h3-12,14-17H,1-2H3;4-7,9-11H,1-3H3;/q2*-1;. The Labute approximate surface area is 278 Å². The van der Waals surface area contributed by atoms with Crippen LogP contribution in [0.25, 0.3) is 44.8 Å². The number of rotatable bonds is 4. The van der Waals surface area contributed by atoms with Gasteiger partial charge in [-0.15, -0.1) is 35.9 Å². The molecule has 0 spiro atoms. The van der Waals surface area contributed by atoms with E-state index in [0.29, 0.717) is 0 Å². The van der Waals surface area contributed by atoms with Gasteiger partial charge in [0.2, 0.25) is 0 Å². The monoisotopic (exact) mass is 811 g/mol. The molecule has 7 rings (SSSR count). The molecule has 2 heterocycles. The molecule has 2 aromatic heterocycles. The average Bonchev–Trinajstić information content (AvgIpc) is 3.28. The molecule has 0 unspecified atom stereocenters.